The van der Waals surface area contributed by atoms with E-state index in [9.17, 15) is 4.79 Å². The predicted octanol–water partition coefficient (Wildman–Crippen LogP) is 3.33. The van der Waals surface area contributed by atoms with Gasteiger partial charge in [-0.25, -0.2) is 14.5 Å². The lowest BCUT2D eigenvalue weighted by molar-refractivity contribution is -0.116. The second kappa shape index (κ2) is 7.82. The van der Waals surface area contributed by atoms with Gasteiger partial charge in [0.1, 0.15) is 18.7 Å². The number of amides is 1. The number of aliphatic imine (C=N–C) groups is 1. The molecule has 0 saturated carbocycles. The number of rotatable bonds is 5. The van der Waals surface area contributed by atoms with Crippen molar-refractivity contribution in [3.63, 3.8) is 0 Å². The summed E-state index contributed by atoms with van der Waals surface area (Å²) in [4.78, 5) is 27.8. The summed E-state index contributed by atoms with van der Waals surface area (Å²) < 4.78 is 1.81. The summed E-state index contributed by atoms with van der Waals surface area (Å²) in [6.45, 7) is 10.2. The quantitative estimate of drug-likeness (QED) is 0.338. The number of aryl methyl sites for hydroxylation is 1. The molecule has 0 aliphatic carbocycles. The molecule has 4 N–H and O–H groups in total. The van der Waals surface area contributed by atoms with Crippen molar-refractivity contribution < 1.29 is 4.79 Å². The molecule has 0 aliphatic heterocycles. The van der Waals surface area contributed by atoms with Crippen LogP contribution >= 0.6 is 0 Å². The van der Waals surface area contributed by atoms with Gasteiger partial charge in [0.25, 0.3) is 0 Å². The number of fused-ring (bicyclic) bond motifs is 2. The molecule has 9 heteroatoms. The third kappa shape index (κ3) is 3.74. The molecule has 0 aromatic carbocycles. The van der Waals surface area contributed by atoms with Crippen LogP contribution in [0.4, 0.5) is 5.82 Å². The van der Waals surface area contributed by atoms with Gasteiger partial charge in [-0.15, -0.1) is 0 Å². The van der Waals surface area contributed by atoms with Crippen LogP contribution in [0.3, 0.4) is 0 Å². The van der Waals surface area contributed by atoms with Crippen molar-refractivity contribution in [2.24, 2.45) is 10.7 Å². The van der Waals surface area contributed by atoms with E-state index in [2.05, 4.69) is 53.1 Å². The molecule has 9 nitrogen and oxygen atoms in total. The van der Waals surface area contributed by atoms with Gasteiger partial charge in [-0.1, -0.05) is 13.8 Å². The van der Waals surface area contributed by atoms with Crippen LogP contribution in [0, 0.1) is 13.8 Å². The normalized spacial score (nSPS) is 12.3. The fourth-order valence-electron chi connectivity index (χ4n) is 3.81. The Morgan fingerprint density at radius 1 is 1.29 bits per heavy atom. The van der Waals surface area contributed by atoms with Crippen molar-refractivity contribution in [3.8, 4) is 11.3 Å². The summed E-state index contributed by atoms with van der Waals surface area (Å²) in [7, 11) is 0. The molecule has 31 heavy (non-hydrogen) atoms. The number of aromatic nitrogens is 5. The lowest BCUT2D eigenvalue weighted by Gasteiger charge is -2.13. The molecule has 0 fully saturated rings. The minimum absolute atomic E-state index is 0.0595. The Labute approximate surface area is 179 Å². The van der Waals surface area contributed by atoms with Gasteiger partial charge < -0.3 is 16.0 Å². The molecule has 0 spiro atoms. The molecule has 0 atom stereocenters. The Balaban J connectivity index is 1.84. The third-order valence-electron chi connectivity index (χ3n) is 5.43. The average molecular weight is 419 g/mol. The number of carbonyl (C=O) groups excluding carboxylic acids is 1. The summed E-state index contributed by atoms with van der Waals surface area (Å²) in [5, 5.41) is 7.47. The molecule has 0 bridgehead atoms. The maximum atomic E-state index is 11.0. The molecular weight excluding hydrogens is 392 g/mol. The van der Waals surface area contributed by atoms with E-state index in [1.165, 1.54) is 0 Å². The number of H-pyrrole nitrogens is 1. The summed E-state index contributed by atoms with van der Waals surface area (Å²) in [6.07, 6.45) is 3.59. The molecular formula is C22H26N8O. The van der Waals surface area contributed by atoms with Crippen LogP contribution in [-0.2, 0) is 4.79 Å². The van der Waals surface area contributed by atoms with E-state index < -0.39 is 5.91 Å². The number of nitrogens with two attached hydrogens (primary N) is 1. The van der Waals surface area contributed by atoms with E-state index >= 15 is 0 Å². The predicted molar refractivity (Wildman–Crippen MR) is 122 cm³/mol. The lowest BCUT2D eigenvalue weighted by atomic mass is 9.95. The lowest BCUT2D eigenvalue weighted by Crippen LogP contribution is -2.17. The minimum atomic E-state index is -0.475. The van der Waals surface area contributed by atoms with Gasteiger partial charge in [0.15, 0.2) is 5.65 Å². The first-order valence-corrected chi connectivity index (χ1v) is 10.1. The Bertz CT molecular complexity index is 1330. The number of pyridine rings is 2. The second-order valence-corrected chi connectivity index (χ2v) is 7.97. The van der Waals surface area contributed by atoms with Crippen molar-refractivity contribution in [2.75, 3.05) is 11.9 Å². The van der Waals surface area contributed by atoms with Gasteiger partial charge in [0.2, 0.25) is 5.91 Å². The number of anilines is 1. The summed E-state index contributed by atoms with van der Waals surface area (Å²) in [5.41, 5.74) is 13.4. The Hall–Kier alpha value is -3.75. The number of nitrogens with one attached hydrogen (secondary N) is 2. The molecule has 0 aliphatic rings. The molecule has 160 valence electrons. The molecule has 0 unspecified atom stereocenters. The molecule has 4 aromatic rings. The third-order valence-corrected chi connectivity index (χ3v) is 5.43. The van der Waals surface area contributed by atoms with E-state index in [-0.39, 0.29) is 12.5 Å². The molecule has 0 radical (unpaired) electrons. The van der Waals surface area contributed by atoms with Crippen LogP contribution in [0.15, 0.2) is 29.6 Å². The van der Waals surface area contributed by atoms with Gasteiger partial charge in [-0.3, -0.25) is 9.79 Å². The number of carbonyl (C=O) groups is 1. The number of nitrogens with zero attached hydrogens (tertiary/aromatic N) is 5. The van der Waals surface area contributed by atoms with E-state index in [1.54, 1.807) is 13.3 Å². The topological polar surface area (TPSA) is 126 Å². The van der Waals surface area contributed by atoms with Crippen molar-refractivity contribution in [1.82, 2.24) is 24.6 Å². The highest BCUT2D eigenvalue weighted by molar-refractivity contribution is 5.96. The fraction of sp³-hybridized carbons (Fsp3) is 0.318. The standard InChI is InChI=1S/C22H26N8O/c1-11(2)19-20(15-9-30-22(25-10-26-30)13(4)12(15)3)28-16-6-7-18(29-21(16)19)27-14(5)24-8-17(23)31/h6-7,9-11,28H,8H2,1-5H3,(H2,23,31)(H,24,27,29). The highest BCUT2D eigenvalue weighted by Gasteiger charge is 2.21. The molecule has 0 saturated heterocycles. The van der Waals surface area contributed by atoms with Crippen molar-refractivity contribution in [1.29, 1.82) is 0 Å². The molecule has 4 heterocycles. The molecule has 4 rings (SSSR count). The van der Waals surface area contributed by atoms with Crippen LogP contribution in [0.5, 0.6) is 0 Å². The number of hydrogen-bond donors (Lipinski definition) is 3. The van der Waals surface area contributed by atoms with Gasteiger partial charge in [0, 0.05) is 17.3 Å². The van der Waals surface area contributed by atoms with Crippen LogP contribution in [-0.4, -0.2) is 42.9 Å². The zero-order chi connectivity index (χ0) is 22.3. The Morgan fingerprint density at radius 3 is 2.77 bits per heavy atom. The van der Waals surface area contributed by atoms with Crippen molar-refractivity contribution >= 4 is 34.2 Å². The summed E-state index contributed by atoms with van der Waals surface area (Å²) in [6, 6.07) is 3.88. The van der Waals surface area contributed by atoms with E-state index in [0.717, 1.165) is 44.6 Å². The van der Waals surface area contributed by atoms with Gasteiger partial charge >= 0.3 is 0 Å². The molecule has 1 amide bonds. The Kier molecular flexibility index (Phi) is 5.18. The first-order valence-electron chi connectivity index (χ1n) is 10.1. The van der Waals surface area contributed by atoms with Crippen molar-refractivity contribution in [3.05, 3.63) is 41.3 Å². The summed E-state index contributed by atoms with van der Waals surface area (Å²) in [5.74, 6) is 1.00. The van der Waals surface area contributed by atoms with E-state index in [0.29, 0.717) is 11.7 Å². The number of hydrogen-bond acceptors (Lipinski definition) is 5. The maximum absolute atomic E-state index is 11.0. The van der Waals surface area contributed by atoms with E-state index in [1.807, 2.05) is 22.8 Å². The van der Waals surface area contributed by atoms with Crippen molar-refractivity contribution in [2.45, 2.75) is 40.5 Å². The fourth-order valence-corrected chi connectivity index (χ4v) is 3.81. The highest BCUT2D eigenvalue weighted by atomic mass is 16.1. The molecule has 4 aromatic heterocycles. The SMILES string of the molecule is CC(=NCC(N)=O)Nc1ccc2[nH]c(-c3cn4ncnc4c(C)c3C)c(C(C)C)c2n1. The van der Waals surface area contributed by atoms with Gasteiger partial charge in [-0.05, 0) is 49.9 Å². The van der Waals surface area contributed by atoms with Crippen LogP contribution < -0.4 is 11.1 Å². The maximum Gasteiger partial charge on any atom is 0.239 e. The van der Waals surface area contributed by atoms with Crippen LogP contribution in [0.1, 0.15) is 43.4 Å². The van der Waals surface area contributed by atoms with Gasteiger partial charge in [0.05, 0.1) is 22.6 Å². The highest BCUT2D eigenvalue weighted by Crippen LogP contribution is 2.37. The van der Waals surface area contributed by atoms with Crippen LogP contribution in [0.25, 0.3) is 27.9 Å². The average Bonchev–Trinajstić information content (AvgIpc) is 3.33. The van der Waals surface area contributed by atoms with Crippen LogP contribution in [0.2, 0.25) is 0 Å². The monoisotopic (exact) mass is 418 g/mol. The first kappa shape index (κ1) is 20.5. The minimum Gasteiger partial charge on any atom is -0.368 e. The Morgan fingerprint density at radius 2 is 2.06 bits per heavy atom. The van der Waals surface area contributed by atoms with E-state index in [4.69, 9.17) is 10.7 Å². The number of amidine groups is 1. The zero-order valence-electron chi connectivity index (χ0n) is 18.3. The number of primary amides is 1. The second-order valence-electron chi connectivity index (χ2n) is 7.97. The number of aromatic amines is 1. The first-order chi connectivity index (χ1) is 14.8. The zero-order valence-corrected chi connectivity index (χ0v) is 18.3. The smallest absolute Gasteiger partial charge is 0.239 e. The summed E-state index contributed by atoms with van der Waals surface area (Å²) >= 11 is 0. The largest absolute Gasteiger partial charge is 0.368 e. The van der Waals surface area contributed by atoms with Gasteiger partial charge in [-0.2, -0.15) is 5.10 Å².